The molecule has 6 nitrogen and oxygen atoms in total. The van der Waals surface area contributed by atoms with Crippen molar-refractivity contribution in [3.8, 4) is 17.7 Å². The van der Waals surface area contributed by atoms with Crippen molar-refractivity contribution in [1.29, 1.82) is 5.26 Å². The highest BCUT2D eigenvalue weighted by atomic mass is 32.1. The number of nitrogens with zero attached hydrogens (tertiary/aromatic N) is 2. The molecule has 0 aliphatic heterocycles. The van der Waals surface area contributed by atoms with Gasteiger partial charge in [-0.05, 0) is 19.1 Å². The fourth-order valence-corrected chi connectivity index (χ4v) is 2.09. The number of methoxy groups -OCH3 is 1. The number of nitrogen functional groups attached to an aromatic ring is 1. The second-order valence-electron chi connectivity index (χ2n) is 4.33. The normalized spacial score (nSPS) is 9.91. The highest BCUT2D eigenvalue weighted by Gasteiger charge is 2.12. The highest BCUT2D eigenvalue weighted by molar-refractivity contribution is 7.80. The molecule has 0 radical (unpaired) electrons. The zero-order valence-electron chi connectivity index (χ0n) is 12.3. The summed E-state index contributed by atoms with van der Waals surface area (Å²) in [5.41, 5.74) is 7.17. The molecule has 0 fully saturated rings. The number of thiol groups is 1. The van der Waals surface area contributed by atoms with Gasteiger partial charge in [-0.2, -0.15) is 10.2 Å². The van der Waals surface area contributed by atoms with Crippen molar-refractivity contribution in [1.82, 2.24) is 4.98 Å². The van der Waals surface area contributed by atoms with E-state index in [1.807, 2.05) is 19.1 Å². The van der Waals surface area contributed by atoms with E-state index in [2.05, 4.69) is 22.9 Å². The van der Waals surface area contributed by atoms with Crippen molar-refractivity contribution in [3.63, 3.8) is 0 Å². The molecular weight excluding hydrogens is 300 g/mol. The van der Waals surface area contributed by atoms with E-state index in [9.17, 15) is 0 Å². The number of nitrogens with one attached hydrogen (secondary N) is 1. The molecule has 0 spiro atoms. The summed E-state index contributed by atoms with van der Waals surface area (Å²) in [5.74, 6) is 1.33. The summed E-state index contributed by atoms with van der Waals surface area (Å²) in [7, 11) is 1.57. The number of aromatic nitrogens is 1. The van der Waals surface area contributed by atoms with Gasteiger partial charge in [-0.25, -0.2) is 0 Å². The molecule has 0 saturated heterocycles. The van der Waals surface area contributed by atoms with E-state index in [4.69, 9.17) is 20.5 Å². The van der Waals surface area contributed by atoms with Crippen LogP contribution in [0.1, 0.15) is 12.5 Å². The number of hydrogen-bond acceptors (Lipinski definition) is 7. The fraction of sp³-hybridized carbons (Fsp3) is 0.200. The number of rotatable bonds is 5. The van der Waals surface area contributed by atoms with Crippen LogP contribution in [-0.2, 0) is 0 Å². The quantitative estimate of drug-likeness (QED) is 0.734. The smallest absolute Gasteiger partial charge is 0.235 e. The summed E-state index contributed by atoms with van der Waals surface area (Å²) in [6.07, 6.45) is 0. The molecule has 22 heavy (non-hydrogen) atoms. The summed E-state index contributed by atoms with van der Waals surface area (Å²) in [6.45, 7) is 2.21. The summed E-state index contributed by atoms with van der Waals surface area (Å²) in [6, 6.07) is 9.01. The third kappa shape index (κ3) is 3.35. The Morgan fingerprint density at radius 3 is 2.82 bits per heavy atom. The molecule has 1 heterocycles. The summed E-state index contributed by atoms with van der Waals surface area (Å²) in [5, 5.41) is 12.2. The van der Waals surface area contributed by atoms with Crippen LogP contribution in [0.2, 0.25) is 0 Å². The molecular formula is C15H16N4O2S. The zero-order chi connectivity index (χ0) is 16.1. The minimum atomic E-state index is 0.213. The number of benzene rings is 1. The molecule has 0 unspecified atom stereocenters. The van der Waals surface area contributed by atoms with E-state index in [1.165, 1.54) is 0 Å². The Hall–Kier alpha value is -2.59. The number of hydrogen-bond donors (Lipinski definition) is 3. The highest BCUT2D eigenvalue weighted by Crippen LogP contribution is 2.30. The Kier molecular flexibility index (Phi) is 4.96. The van der Waals surface area contributed by atoms with Crippen LogP contribution in [-0.4, -0.2) is 18.7 Å². The van der Waals surface area contributed by atoms with Gasteiger partial charge in [0, 0.05) is 22.7 Å². The van der Waals surface area contributed by atoms with Gasteiger partial charge in [0.2, 0.25) is 5.88 Å². The lowest BCUT2D eigenvalue weighted by Gasteiger charge is -2.12. The molecule has 0 atom stereocenters. The van der Waals surface area contributed by atoms with Crippen LogP contribution < -0.4 is 20.5 Å². The van der Waals surface area contributed by atoms with Crippen LogP contribution in [0, 0.1) is 11.3 Å². The molecule has 0 amide bonds. The number of nitriles is 1. The monoisotopic (exact) mass is 316 g/mol. The predicted octanol–water partition coefficient (Wildman–Crippen LogP) is 2.98. The molecule has 3 N–H and O–H groups in total. The molecule has 7 heteroatoms. The molecule has 1 aromatic carbocycles. The maximum atomic E-state index is 9.11. The average Bonchev–Trinajstić information content (AvgIpc) is 2.49. The average molecular weight is 316 g/mol. The van der Waals surface area contributed by atoms with Gasteiger partial charge in [0.15, 0.2) is 0 Å². The van der Waals surface area contributed by atoms with E-state index in [-0.39, 0.29) is 11.4 Å². The van der Waals surface area contributed by atoms with Gasteiger partial charge in [0.1, 0.15) is 23.2 Å². The number of ether oxygens (including phenoxy) is 2. The van der Waals surface area contributed by atoms with Crippen molar-refractivity contribution in [2.75, 3.05) is 24.8 Å². The first-order valence-electron chi connectivity index (χ1n) is 6.56. The summed E-state index contributed by atoms with van der Waals surface area (Å²) in [4.78, 5) is 5.00. The van der Waals surface area contributed by atoms with Crippen LogP contribution in [0.5, 0.6) is 11.6 Å². The van der Waals surface area contributed by atoms with Gasteiger partial charge >= 0.3 is 0 Å². The van der Waals surface area contributed by atoms with Crippen molar-refractivity contribution >= 4 is 29.8 Å². The Morgan fingerprint density at radius 2 is 2.18 bits per heavy atom. The first-order valence-corrected chi connectivity index (χ1v) is 7.01. The SMILES string of the molecule is CCOc1nc(Nc2ccc(S)c(OC)c2)cc(N)c1C#N. The topological polar surface area (TPSA) is 93.2 Å². The standard InChI is InChI=1S/C15H16N4O2S/c1-3-21-15-10(8-16)11(17)7-14(19-15)18-9-4-5-13(22)12(6-9)20-2/h4-7,22H,3H2,1-2H3,(H3,17,18,19). The molecule has 2 rings (SSSR count). The first kappa shape index (κ1) is 15.8. The molecule has 114 valence electrons. The lowest BCUT2D eigenvalue weighted by molar-refractivity contribution is 0.326. The van der Waals surface area contributed by atoms with E-state index in [0.29, 0.717) is 23.9 Å². The number of anilines is 3. The maximum Gasteiger partial charge on any atom is 0.235 e. The second kappa shape index (κ2) is 6.91. The zero-order valence-corrected chi connectivity index (χ0v) is 13.1. The van der Waals surface area contributed by atoms with E-state index >= 15 is 0 Å². The molecule has 1 aromatic heterocycles. The van der Waals surface area contributed by atoms with Gasteiger partial charge in [0.05, 0.1) is 19.4 Å². The van der Waals surface area contributed by atoms with Crippen LogP contribution in [0.15, 0.2) is 29.2 Å². The van der Waals surface area contributed by atoms with Gasteiger partial charge < -0.3 is 20.5 Å². The largest absolute Gasteiger partial charge is 0.496 e. The van der Waals surface area contributed by atoms with Crippen molar-refractivity contribution in [2.24, 2.45) is 0 Å². The van der Waals surface area contributed by atoms with E-state index in [0.717, 1.165) is 10.6 Å². The lowest BCUT2D eigenvalue weighted by atomic mass is 10.2. The molecule has 0 aliphatic rings. The number of nitrogens with two attached hydrogens (primary N) is 1. The fourth-order valence-electron chi connectivity index (χ4n) is 1.86. The van der Waals surface area contributed by atoms with Gasteiger partial charge in [-0.3, -0.25) is 0 Å². The maximum absolute atomic E-state index is 9.11. The Balaban J connectivity index is 2.36. The predicted molar refractivity (Wildman–Crippen MR) is 88.1 cm³/mol. The molecule has 2 aromatic rings. The second-order valence-corrected chi connectivity index (χ2v) is 4.82. The van der Waals surface area contributed by atoms with Crippen molar-refractivity contribution < 1.29 is 9.47 Å². The van der Waals surface area contributed by atoms with Crippen LogP contribution >= 0.6 is 12.6 Å². The van der Waals surface area contributed by atoms with Crippen molar-refractivity contribution in [3.05, 3.63) is 29.8 Å². The Bertz CT molecular complexity index is 728. The molecule has 0 aliphatic carbocycles. The Morgan fingerprint density at radius 1 is 1.41 bits per heavy atom. The first-order chi connectivity index (χ1) is 10.6. The van der Waals surface area contributed by atoms with Gasteiger partial charge in [-0.15, -0.1) is 12.6 Å². The third-order valence-electron chi connectivity index (χ3n) is 2.86. The van der Waals surface area contributed by atoms with Crippen LogP contribution in [0.3, 0.4) is 0 Å². The molecule has 0 bridgehead atoms. The van der Waals surface area contributed by atoms with Gasteiger partial charge in [-0.1, -0.05) is 0 Å². The lowest BCUT2D eigenvalue weighted by Crippen LogP contribution is -2.04. The summed E-state index contributed by atoms with van der Waals surface area (Å²) < 4.78 is 10.6. The Labute approximate surface area is 134 Å². The van der Waals surface area contributed by atoms with Crippen LogP contribution in [0.4, 0.5) is 17.2 Å². The van der Waals surface area contributed by atoms with E-state index < -0.39 is 0 Å². The van der Waals surface area contributed by atoms with Crippen molar-refractivity contribution in [2.45, 2.75) is 11.8 Å². The summed E-state index contributed by atoms with van der Waals surface area (Å²) >= 11 is 4.29. The molecule has 0 saturated carbocycles. The third-order valence-corrected chi connectivity index (χ3v) is 3.23. The van der Waals surface area contributed by atoms with Crippen LogP contribution in [0.25, 0.3) is 0 Å². The van der Waals surface area contributed by atoms with E-state index in [1.54, 1.807) is 25.3 Å². The minimum Gasteiger partial charge on any atom is -0.496 e. The van der Waals surface area contributed by atoms with Gasteiger partial charge in [0.25, 0.3) is 0 Å². The number of pyridine rings is 1. The minimum absolute atomic E-state index is 0.213.